The number of Topliss-reactive ketones (excluding diaryl/α,β-unsaturated/α-hetero) is 1. The second-order valence-corrected chi connectivity index (χ2v) is 5.01. The molecular weight excluding hydrogens is 340 g/mol. The van der Waals surface area contributed by atoms with E-state index in [0.29, 0.717) is 5.56 Å². The number of carbonyl (C=O) groups excluding carboxylic acids is 2. The van der Waals surface area contributed by atoms with E-state index in [9.17, 15) is 9.59 Å². The number of aryl methyl sites for hydroxylation is 1. The minimum atomic E-state index is -0.953. The predicted octanol–water partition coefficient (Wildman–Crippen LogP) is 2.73. The number of halogens is 2. The molecule has 0 spiro atoms. The van der Waals surface area contributed by atoms with Crippen LogP contribution in [0.3, 0.4) is 0 Å². The summed E-state index contributed by atoms with van der Waals surface area (Å²) in [5, 5.41) is -0.201. The first-order valence-electron chi connectivity index (χ1n) is 4.49. The van der Waals surface area contributed by atoms with Crippen LogP contribution < -0.4 is 0 Å². The lowest BCUT2D eigenvalue weighted by Gasteiger charge is -1.96. The van der Waals surface area contributed by atoms with E-state index in [0.717, 1.165) is 14.5 Å². The number of benzene rings is 1. The molecule has 0 aliphatic carbocycles. The van der Waals surface area contributed by atoms with Gasteiger partial charge >= 0.3 is 0 Å². The Morgan fingerprint density at radius 3 is 2.69 bits per heavy atom. The van der Waals surface area contributed by atoms with E-state index in [2.05, 4.69) is 22.6 Å². The molecule has 2 aromatic rings. The number of carbonyl (C=O) groups is 2. The number of nitrogens with zero attached hydrogens (tertiary/aromatic N) is 1. The fourth-order valence-corrected chi connectivity index (χ4v) is 2.22. The van der Waals surface area contributed by atoms with Gasteiger partial charge in [0.2, 0.25) is 5.78 Å². The number of hydrogen-bond acceptors (Lipinski definition) is 2. The largest absolute Gasteiger partial charge is 0.350 e. The summed E-state index contributed by atoms with van der Waals surface area (Å²) in [6.07, 6.45) is 1.63. The number of ketones is 1. The fourth-order valence-electron chi connectivity index (χ4n) is 1.64. The van der Waals surface area contributed by atoms with Crippen LogP contribution in [0.4, 0.5) is 0 Å². The van der Waals surface area contributed by atoms with Crippen LogP contribution in [-0.2, 0) is 11.8 Å². The molecule has 0 atom stereocenters. The Hall–Kier alpha value is -0.880. The summed E-state index contributed by atoms with van der Waals surface area (Å²) in [4.78, 5) is 22.4. The summed E-state index contributed by atoms with van der Waals surface area (Å²) in [6.45, 7) is 0. The van der Waals surface area contributed by atoms with E-state index in [1.807, 2.05) is 29.8 Å². The van der Waals surface area contributed by atoms with Crippen molar-refractivity contribution in [1.29, 1.82) is 0 Å². The van der Waals surface area contributed by atoms with Crippen molar-refractivity contribution < 1.29 is 9.59 Å². The van der Waals surface area contributed by atoms with Crippen LogP contribution in [0.1, 0.15) is 10.4 Å². The van der Waals surface area contributed by atoms with Crippen molar-refractivity contribution in [2.45, 2.75) is 0 Å². The molecule has 3 nitrogen and oxygen atoms in total. The molecule has 0 amide bonds. The fraction of sp³-hybridized carbons (Fsp3) is 0.0909. The summed E-state index contributed by atoms with van der Waals surface area (Å²) in [7, 11) is 1.83. The molecule has 16 heavy (non-hydrogen) atoms. The number of rotatable bonds is 2. The standard InChI is InChI=1S/C11H7ClINO2/c1-14-5-8(10(15)11(12)16)7-3-2-6(13)4-9(7)14/h2-5H,1H3. The van der Waals surface area contributed by atoms with Crippen LogP contribution in [0, 0.1) is 3.57 Å². The van der Waals surface area contributed by atoms with Gasteiger partial charge in [-0.1, -0.05) is 6.07 Å². The summed E-state index contributed by atoms with van der Waals surface area (Å²) in [5.41, 5.74) is 1.27. The highest BCUT2D eigenvalue weighted by atomic mass is 127. The van der Waals surface area contributed by atoms with Crippen LogP contribution in [0.5, 0.6) is 0 Å². The Kier molecular flexibility index (Phi) is 3.03. The average Bonchev–Trinajstić information content (AvgIpc) is 2.55. The van der Waals surface area contributed by atoms with Crippen LogP contribution in [0.2, 0.25) is 0 Å². The molecule has 0 aliphatic rings. The first kappa shape index (κ1) is 11.6. The number of aromatic nitrogens is 1. The zero-order chi connectivity index (χ0) is 11.9. The molecular formula is C11H7ClINO2. The van der Waals surface area contributed by atoms with Gasteiger partial charge in [0.05, 0.1) is 5.56 Å². The topological polar surface area (TPSA) is 39.1 Å². The molecule has 2 rings (SSSR count). The second-order valence-electron chi connectivity index (χ2n) is 3.42. The van der Waals surface area contributed by atoms with Gasteiger partial charge in [-0.05, 0) is 46.3 Å². The lowest BCUT2D eigenvalue weighted by Crippen LogP contribution is -2.06. The summed E-state index contributed by atoms with van der Waals surface area (Å²) < 4.78 is 2.88. The van der Waals surface area contributed by atoms with Crippen molar-refractivity contribution in [3.8, 4) is 0 Å². The summed E-state index contributed by atoms with van der Waals surface area (Å²) in [5.74, 6) is -0.659. The van der Waals surface area contributed by atoms with Crippen molar-refractivity contribution in [2.75, 3.05) is 0 Å². The minimum Gasteiger partial charge on any atom is -0.350 e. The lowest BCUT2D eigenvalue weighted by molar-refractivity contribution is -0.108. The van der Waals surface area contributed by atoms with Gasteiger partial charge in [-0.15, -0.1) is 0 Å². The number of fused-ring (bicyclic) bond motifs is 1. The Bertz CT molecular complexity index is 603. The molecule has 0 aliphatic heterocycles. The molecule has 82 valence electrons. The molecule has 1 aromatic heterocycles. The maximum absolute atomic E-state index is 11.6. The van der Waals surface area contributed by atoms with Gasteiger partial charge in [0.25, 0.3) is 5.24 Å². The van der Waals surface area contributed by atoms with Gasteiger partial charge < -0.3 is 4.57 Å². The Labute approximate surface area is 111 Å². The molecule has 1 heterocycles. The number of hydrogen-bond donors (Lipinski definition) is 0. The van der Waals surface area contributed by atoms with Crippen molar-refractivity contribution >= 4 is 56.1 Å². The Morgan fingerprint density at radius 1 is 1.38 bits per heavy atom. The normalized spacial score (nSPS) is 10.7. The molecule has 0 unspecified atom stereocenters. The second kappa shape index (κ2) is 4.18. The van der Waals surface area contributed by atoms with Crippen molar-refractivity contribution in [1.82, 2.24) is 4.57 Å². The molecule has 0 fully saturated rings. The predicted molar refractivity (Wildman–Crippen MR) is 70.8 cm³/mol. The highest BCUT2D eigenvalue weighted by molar-refractivity contribution is 14.1. The third kappa shape index (κ3) is 1.87. The van der Waals surface area contributed by atoms with Gasteiger partial charge in [-0.2, -0.15) is 0 Å². The van der Waals surface area contributed by atoms with E-state index < -0.39 is 11.0 Å². The monoisotopic (exact) mass is 347 g/mol. The van der Waals surface area contributed by atoms with E-state index in [4.69, 9.17) is 11.6 Å². The van der Waals surface area contributed by atoms with Crippen LogP contribution in [-0.4, -0.2) is 15.6 Å². The zero-order valence-corrected chi connectivity index (χ0v) is 11.2. The molecule has 5 heteroatoms. The minimum absolute atomic E-state index is 0.355. The quantitative estimate of drug-likeness (QED) is 0.363. The highest BCUT2D eigenvalue weighted by Gasteiger charge is 2.18. The molecule has 0 N–H and O–H groups in total. The molecule has 0 bridgehead atoms. The van der Waals surface area contributed by atoms with Gasteiger partial charge in [0, 0.05) is 27.7 Å². The van der Waals surface area contributed by atoms with Crippen molar-refractivity contribution in [2.24, 2.45) is 7.05 Å². The van der Waals surface area contributed by atoms with Crippen molar-refractivity contribution in [3.63, 3.8) is 0 Å². The zero-order valence-electron chi connectivity index (χ0n) is 8.33. The highest BCUT2D eigenvalue weighted by Crippen LogP contribution is 2.23. The molecule has 0 saturated carbocycles. The lowest BCUT2D eigenvalue weighted by atomic mass is 10.1. The van der Waals surface area contributed by atoms with Gasteiger partial charge in [-0.3, -0.25) is 9.59 Å². The van der Waals surface area contributed by atoms with E-state index in [1.165, 1.54) is 0 Å². The average molecular weight is 348 g/mol. The van der Waals surface area contributed by atoms with E-state index in [1.54, 1.807) is 6.20 Å². The first-order valence-corrected chi connectivity index (χ1v) is 5.95. The molecule has 1 aromatic carbocycles. The van der Waals surface area contributed by atoms with Crippen LogP contribution in [0.25, 0.3) is 10.9 Å². The maximum atomic E-state index is 11.6. The third-order valence-corrected chi connectivity index (χ3v) is 3.22. The van der Waals surface area contributed by atoms with Gasteiger partial charge in [-0.25, -0.2) is 0 Å². The van der Waals surface area contributed by atoms with Crippen LogP contribution >= 0.6 is 34.2 Å². The maximum Gasteiger partial charge on any atom is 0.293 e. The Morgan fingerprint density at radius 2 is 2.06 bits per heavy atom. The van der Waals surface area contributed by atoms with Crippen molar-refractivity contribution in [3.05, 3.63) is 33.5 Å². The summed E-state index contributed by atoms with van der Waals surface area (Å²) >= 11 is 7.40. The third-order valence-electron chi connectivity index (χ3n) is 2.38. The Balaban J connectivity index is 2.73. The van der Waals surface area contributed by atoms with E-state index >= 15 is 0 Å². The summed E-state index contributed by atoms with van der Waals surface area (Å²) in [6, 6.07) is 5.66. The molecule has 0 radical (unpaired) electrons. The van der Waals surface area contributed by atoms with Gasteiger partial charge in [0.15, 0.2) is 0 Å². The SMILES string of the molecule is Cn1cc(C(=O)C(=O)Cl)c2ccc(I)cc21. The first-order chi connectivity index (χ1) is 7.50. The molecule has 0 saturated heterocycles. The van der Waals surface area contributed by atoms with E-state index in [-0.39, 0.29) is 0 Å². The van der Waals surface area contributed by atoms with Gasteiger partial charge in [0.1, 0.15) is 0 Å². The van der Waals surface area contributed by atoms with Crippen LogP contribution in [0.15, 0.2) is 24.4 Å². The smallest absolute Gasteiger partial charge is 0.293 e.